The molecule has 0 aromatic carbocycles. The van der Waals surface area contributed by atoms with Gasteiger partial charge in [0, 0.05) is 13.2 Å². The predicted octanol–water partition coefficient (Wildman–Crippen LogP) is 0.303. The highest BCUT2D eigenvalue weighted by Crippen LogP contribution is 2.18. The van der Waals surface area contributed by atoms with Crippen LogP contribution in [0.1, 0.15) is 19.8 Å². The van der Waals surface area contributed by atoms with Crippen LogP contribution < -0.4 is 5.73 Å². The Morgan fingerprint density at radius 2 is 2.23 bits per heavy atom. The fourth-order valence-corrected chi connectivity index (χ4v) is 1.51. The van der Waals surface area contributed by atoms with Crippen molar-refractivity contribution < 1.29 is 14.3 Å². The first-order valence-electron chi connectivity index (χ1n) is 4.75. The molecule has 76 valence electrons. The maximum absolute atomic E-state index is 11.3. The largest absolute Gasteiger partial charge is 0.465 e. The first-order chi connectivity index (χ1) is 6.25. The standard InChI is InChI=1S/C9H17NO3/c1-2-13-9(11)8(10)7-3-5-12-6-4-7/h7-8H,2-6,10H2,1H3/t8-/m1/s1. The van der Waals surface area contributed by atoms with Gasteiger partial charge in [0.2, 0.25) is 0 Å². The Hall–Kier alpha value is -0.610. The number of hydrogen-bond acceptors (Lipinski definition) is 4. The zero-order valence-electron chi connectivity index (χ0n) is 7.99. The van der Waals surface area contributed by atoms with E-state index in [0.29, 0.717) is 19.8 Å². The van der Waals surface area contributed by atoms with Crippen LogP contribution in [0.15, 0.2) is 0 Å². The fraction of sp³-hybridized carbons (Fsp3) is 0.889. The van der Waals surface area contributed by atoms with Gasteiger partial charge in [-0.3, -0.25) is 4.79 Å². The Balaban J connectivity index is 2.35. The van der Waals surface area contributed by atoms with Gasteiger partial charge in [-0.05, 0) is 25.7 Å². The number of esters is 1. The summed E-state index contributed by atoms with van der Waals surface area (Å²) in [7, 11) is 0. The van der Waals surface area contributed by atoms with Crippen molar-refractivity contribution >= 4 is 5.97 Å². The van der Waals surface area contributed by atoms with Crippen molar-refractivity contribution in [3.05, 3.63) is 0 Å². The molecule has 0 radical (unpaired) electrons. The Bertz CT molecular complexity index is 166. The highest BCUT2D eigenvalue weighted by atomic mass is 16.5. The van der Waals surface area contributed by atoms with Gasteiger partial charge in [-0.15, -0.1) is 0 Å². The number of carbonyl (C=O) groups is 1. The normalized spacial score (nSPS) is 21.1. The third-order valence-electron chi connectivity index (χ3n) is 2.33. The van der Waals surface area contributed by atoms with Crippen molar-refractivity contribution in [2.24, 2.45) is 11.7 Å². The molecule has 13 heavy (non-hydrogen) atoms. The molecule has 1 rings (SSSR count). The smallest absolute Gasteiger partial charge is 0.323 e. The molecule has 0 aliphatic carbocycles. The van der Waals surface area contributed by atoms with E-state index in [1.807, 2.05) is 0 Å². The number of nitrogens with two attached hydrogens (primary N) is 1. The summed E-state index contributed by atoms with van der Waals surface area (Å²) < 4.78 is 10.0. The number of ether oxygens (including phenoxy) is 2. The molecule has 1 fully saturated rings. The minimum Gasteiger partial charge on any atom is -0.465 e. The molecular formula is C9H17NO3. The van der Waals surface area contributed by atoms with Crippen molar-refractivity contribution in [1.82, 2.24) is 0 Å². The van der Waals surface area contributed by atoms with E-state index in [-0.39, 0.29) is 11.9 Å². The van der Waals surface area contributed by atoms with Gasteiger partial charge in [0.25, 0.3) is 0 Å². The summed E-state index contributed by atoms with van der Waals surface area (Å²) in [5.74, 6) is -0.0535. The third-order valence-corrected chi connectivity index (χ3v) is 2.33. The van der Waals surface area contributed by atoms with Crippen molar-refractivity contribution in [2.75, 3.05) is 19.8 Å². The lowest BCUT2D eigenvalue weighted by Gasteiger charge is -2.25. The van der Waals surface area contributed by atoms with Crippen molar-refractivity contribution in [2.45, 2.75) is 25.8 Å². The lowest BCUT2D eigenvalue weighted by atomic mass is 9.92. The summed E-state index contributed by atoms with van der Waals surface area (Å²) in [6.07, 6.45) is 1.72. The molecule has 1 heterocycles. The molecular weight excluding hydrogens is 170 g/mol. The van der Waals surface area contributed by atoms with Crippen LogP contribution in [0, 0.1) is 5.92 Å². The number of carbonyl (C=O) groups excluding carboxylic acids is 1. The fourth-order valence-electron chi connectivity index (χ4n) is 1.51. The van der Waals surface area contributed by atoms with Gasteiger partial charge in [0.1, 0.15) is 6.04 Å². The molecule has 0 saturated carbocycles. The second-order valence-corrected chi connectivity index (χ2v) is 3.23. The lowest BCUT2D eigenvalue weighted by molar-refractivity contribution is -0.146. The summed E-state index contributed by atoms with van der Waals surface area (Å²) in [5.41, 5.74) is 5.75. The van der Waals surface area contributed by atoms with Crippen molar-refractivity contribution in [3.8, 4) is 0 Å². The first kappa shape index (κ1) is 10.5. The Labute approximate surface area is 78.4 Å². The molecule has 1 saturated heterocycles. The second-order valence-electron chi connectivity index (χ2n) is 3.23. The van der Waals surface area contributed by atoms with E-state index in [0.717, 1.165) is 12.8 Å². The quantitative estimate of drug-likeness (QED) is 0.646. The summed E-state index contributed by atoms with van der Waals surface area (Å²) in [4.78, 5) is 11.3. The van der Waals surface area contributed by atoms with E-state index in [4.69, 9.17) is 15.2 Å². The summed E-state index contributed by atoms with van der Waals surface area (Å²) in [6, 6.07) is -0.469. The van der Waals surface area contributed by atoms with Crippen LogP contribution in [-0.2, 0) is 14.3 Å². The SMILES string of the molecule is CCOC(=O)[C@H](N)C1CCOCC1. The van der Waals surface area contributed by atoms with E-state index >= 15 is 0 Å². The van der Waals surface area contributed by atoms with E-state index in [1.165, 1.54) is 0 Å². The van der Waals surface area contributed by atoms with Crippen molar-refractivity contribution in [3.63, 3.8) is 0 Å². The van der Waals surface area contributed by atoms with Crippen LogP contribution in [-0.4, -0.2) is 31.8 Å². The molecule has 0 unspecified atom stereocenters. The summed E-state index contributed by atoms with van der Waals surface area (Å²) in [6.45, 7) is 3.60. The first-order valence-corrected chi connectivity index (χ1v) is 4.75. The molecule has 0 bridgehead atoms. The highest BCUT2D eigenvalue weighted by molar-refractivity contribution is 5.75. The van der Waals surface area contributed by atoms with Crippen molar-refractivity contribution in [1.29, 1.82) is 0 Å². The topological polar surface area (TPSA) is 61.5 Å². The van der Waals surface area contributed by atoms with Crippen LogP contribution in [0.3, 0.4) is 0 Å². The average molecular weight is 187 g/mol. The van der Waals surface area contributed by atoms with E-state index in [2.05, 4.69) is 0 Å². The minimum atomic E-state index is -0.469. The molecule has 0 amide bonds. The average Bonchev–Trinajstić information content (AvgIpc) is 2.18. The summed E-state index contributed by atoms with van der Waals surface area (Å²) >= 11 is 0. The zero-order valence-corrected chi connectivity index (χ0v) is 7.99. The highest BCUT2D eigenvalue weighted by Gasteiger charge is 2.27. The van der Waals surface area contributed by atoms with E-state index < -0.39 is 6.04 Å². The van der Waals surface area contributed by atoms with Gasteiger partial charge in [0.15, 0.2) is 0 Å². The van der Waals surface area contributed by atoms with Gasteiger partial charge in [-0.2, -0.15) is 0 Å². The molecule has 4 heteroatoms. The second kappa shape index (κ2) is 5.19. The van der Waals surface area contributed by atoms with Gasteiger partial charge in [-0.25, -0.2) is 0 Å². The van der Waals surface area contributed by atoms with Crippen LogP contribution >= 0.6 is 0 Å². The molecule has 4 nitrogen and oxygen atoms in total. The number of hydrogen-bond donors (Lipinski definition) is 1. The van der Waals surface area contributed by atoms with Gasteiger partial charge >= 0.3 is 5.97 Å². The monoisotopic (exact) mass is 187 g/mol. The molecule has 1 aliphatic heterocycles. The molecule has 0 aromatic heterocycles. The van der Waals surface area contributed by atoms with Crippen LogP contribution in [0.2, 0.25) is 0 Å². The Morgan fingerprint density at radius 1 is 1.62 bits per heavy atom. The maximum atomic E-state index is 11.3. The Kier molecular flexibility index (Phi) is 4.18. The predicted molar refractivity (Wildman–Crippen MR) is 48.2 cm³/mol. The molecule has 2 N–H and O–H groups in total. The molecule has 0 aromatic rings. The third kappa shape index (κ3) is 2.97. The van der Waals surface area contributed by atoms with E-state index in [1.54, 1.807) is 6.92 Å². The summed E-state index contributed by atoms with van der Waals surface area (Å²) in [5, 5.41) is 0. The van der Waals surface area contributed by atoms with E-state index in [9.17, 15) is 4.79 Å². The van der Waals surface area contributed by atoms with Gasteiger partial charge < -0.3 is 15.2 Å². The van der Waals surface area contributed by atoms with Crippen LogP contribution in [0.5, 0.6) is 0 Å². The van der Waals surface area contributed by atoms with Gasteiger partial charge in [0.05, 0.1) is 6.61 Å². The van der Waals surface area contributed by atoms with Gasteiger partial charge in [-0.1, -0.05) is 0 Å². The lowest BCUT2D eigenvalue weighted by Crippen LogP contribution is -2.41. The van der Waals surface area contributed by atoms with Crippen LogP contribution in [0.4, 0.5) is 0 Å². The number of rotatable bonds is 3. The Morgan fingerprint density at radius 3 is 2.77 bits per heavy atom. The zero-order chi connectivity index (χ0) is 9.68. The molecule has 1 atom stereocenters. The van der Waals surface area contributed by atoms with Crippen LogP contribution in [0.25, 0.3) is 0 Å². The molecule has 0 spiro atoms. The molecule has 1 aliphatic rings. The minimum absolute atomic E-state index is 0.229. The maximum Gasteiger partial charge on any atom is 0.323 e.